The lowest BCUT2D eigenvalue weighted by Gasteiger charge is -2.21. The number of carbonyl (C=O) groups is 3. The number of nitrogens with one attached hydrogen (secondary N) is 1. The quantitative estimate of drug-likeness (QED) is 0.148. The van der Waals surface area contributed by atoms with E-state index < -0.39 is 23.8 Å². The number of hydrazine groups is 1. The van der Waals surface area contributed by atoms with Gasteiger partial charge in [-0.05, 0) is 70.6 Å². The normalized spacial score (nSPS) is 15.1. The van der Waals surface area contributed by atoms with Gasteiger partial charge in [0.25, 0.3) is 11.8 Å². The minimum atomic E-state index is -0.618. The van der Waals surface area contributed by atoms with E-state index in [-0.39, 0.29) is 17.5 Å². The van der Waals surface area contributed by atoms with Crippen LogP contribution in [0.3, 0.4) is 0 Å². The number of nitrogens with zero attached hydrogens (tertiary/aromatic N) is 1. The van der Waals surface area contributed by atoms with E-state index >= 15 is 0 Å². The molecule has 1 aromatic rings. The lowest BCUT2D eigenvalue weighted by Crippen LogP contribution is -2.42. The summed E-state index contributed by atoms with van der Waals surface area (Å²) in [5.41, 5.74) is 2.50. The van der Waals surface area contributed by atoms with Crippen LogP contribution in [0.5, 0.6) is 0 Å². The predicted octanol–water partition coefficient (Wildman–Crippen LogP) is 3.10. The van der Waals surface area contributed by atoms with Crippen LogP contribution in [0, 0.1) is 0 Å². The number of imide groups is 1. The highest BCUT2D eigenvalue weighted by molar-refractivity contribution is 9.15. The largest absolute Gasteiger partial charge is 0.294 e. The molecule has 6 nitrogen and oxygen atoms in total. The van der Waals surface area contributed by atoms with Crippen molar-refractivity contribution in [3.63, 3.8) is 0 Å². The second kappa shape index (κ2) is 6.68. The van der Waals surface area contributed by atoms with E-state index in [2.05, 4.69) is 63.7 Å². The second-order valence-electron chi connectivity index (χ2n) is 4.61. The van der Waals surface area contributed by atoms with Crippen molar-refractivity contribution in [3.8, 4) is 0 Å². The Morgan fingerprint density at radius 3 is 1.82 bits per heavy atom. The van der Waals surface area contributed by atoms with Crippen LogP contribution in [0.1, 0.15) is 34.1 Å². The molecule has 1 atom stereocenters. The molecule has 3 amide bonds. The zero-order valence-electron chi connectivity index (χ0n) is 11.0. The Kier molecular flexibility index (Phi) is 5.48. The molecule has 0 saturated carbocycles. The summed E-state index contributed by atoms with van der Waals surface area (Å²) < 4.78 is 2.20. The van der Waals surface area contributed by atoms with Crippen molar-refractivity contribution in [2.24, 2.45) is 5.84 Å². The van der Waals surface area contributed by atoms with Crippen LogP contribution in [0.4, 0.5) is 0 Å². The molecule has 3 N–H and O–H groups in total. The number of hydrogen-bond acceptors (Lipinski definition) is 4. The first kappa shape index (κ1) is 18.1. The third-order valence-electron chi connectivity index (χ3n) is 3.21. The molecule has 0 saturated heterocycles. The maximum Gasteiger partial charge on any atom is 0.263 e. The van der Waals surface area contributed by atoms with E-state index in [4.69, 9.17) is 5.84 Å². The van der Waals surface area contributed by atoms with Gasteiger partial charge in [0.05, 0.1) is 11.1 Å². The molecule has 0 bridgehead atoms. The standard InChI is InChI=1S/C12H9Br4N3O3/c1-3(2-4(20)18-17)19-11(21)5-6(12(19)22)8(14)10(16)9(15)7(5)13/h3H,2,17H2,1H3,(H,18,20). The molecule has 0 spiro atoms. The van der Waals surface area contributed by atoms with Crippen molar-refractivity contribution in [2.75, 3.05) is 0 Å². The molecule has 0 radical (unpaired) electrons. The van der Waals surface area contributed by atoms with Gasteiger partial charge < -0.3 is 0 Å². The first-order valence-electron chi connectivity index (χ1n) is 5.95. The molecule has 1 aliphatic rings. The third kappa shape index (κ3) is 2.79. The number of fused-ring (bicyclic) bond motifs is 1. The fourth-order valence-corrected chi connectivity index (χ4v) is 4.64. The van der Waals surface area contributed by atoms with Crippen LogP contribution in [0.25, 0.3) is 0 Å². The van der Waals surface area contributed by atoms with Crippen molar-refractivity contribution in [2.45, 2.75) is 19.4 Å². The van der Waals surface area contributed by atoms with Crippen LogP contribution in [-0.4, -0.2) is 28.7 Å². The molecular formula is C12H9Br4N3O3. The molecule has 118 valence electrons. The Balaban J connectivity index is 2.52. The molecule has 1 unspecified atom stereocenters. The zero-order valence-corrected chi connectivity index (χ0v) is 17.4. The van der Waals surface area contributed by atoms with Crippen molar-refractivity contribution in [1.82, 2.24) is 10.3 Å². The number of hydrogen-bond donors (Lipinski definition) is 2. The van der Waals surface area contributed by atoms with E-state index in [0.717, 1.165) is 4.90 Å². The van der Waals surface area contributed by atoms with Crippen molar-refractivity contribution in [3.05, 3.63) is 29.0 Å². The summed E-state index contributed by atoms with van der Waals surface area (Å²) in [5, 5.41) is 0. The Hall–Kier alpha value is -0.290. The average Bonchev–Trinajstić information content (AvgIpc) is 2.73. The van der Waals surface area contributed by atoms with Gasteiger partial charge >= 0.3 is 0 Å². The minimum absolute atomic E-state index is 0.0699. The van der Waals surface area contributed by atoms with Crippen LogP contribution < -0.4 is 11.3 Å². The molecule has 0 aromatic heterocycles. The lowest BCUT2D eigenvalue weighted by molar-refractivity contribution is -0.121. The Bertz CT molecular complexity index is 661. The van der Waals surface area contributed by atoms with E-state index in [9.17, 15) is 14.4 Å². The Morgan fingerprint density at radius 2 is 1.45 bits per heavy atom. The summed E-state index contributed by atoms with van der Waals surface area (Å²) in [6, 6.07) is -0.618. The molecule has 1 aliphatic heterocycles. The van der Waals surface area contributed by atoms with Gasteiger partial charge in [-0.3, -0.25) is 24.7 Å². The fourth-order valence-electron chi connectivity index (χ4n) is 2.19. The van der Waals surface area contributed by atoms with E-state index in [1.54, 1.807) is 6.92 Å². The molecule has 0 aliphatic carbocycles. The maximum absolute atomic E-state index is 12.6. The van der Waals surface area contributed by atoms with Crippen LogP contribution in [0.2, 0.25) is 0 Å². The molecular weight excluding hydrogens is 554 g/mol. The van der Waals surface area contributed by atoms with Crippen molar-refractivity contribution >= 4 is 81.4 Å². The van der Waals surface area contributed by atoms with Crippen LogP contribution in [0.15, 0.2) is 17.9 Å². The Morgan fingerprint density at radius 1 is 1.05 bits per heavy atom. The monoisotopic (exact) mass is 559 g/mol. The molecule has 22 heavy (non-hydrogen) atoms. The maximum atomic E-state index is 12.6. The smallest absolute Gasteiger partial charge is 0.263 e. The van der Waals surface area contributed by atoms with Crippen LogP contribution >= 0.6 is 63.7 Å². The third-order valence-corrected chi connectivity index (χ3v) is 7.98. The van der Waals surface area contributed by atoms with Gasteiger partial charge in [-0.15, -0.1) is 0 Å². The summed E-state index contributed by atoms with van der Waals surface area (Å²) in [4.78, 5) is 37.7. The van der Waals surface area contributed by atoms with E-state index in [1.165, 1.54) is 0 Å². The predicted molar refractivity (Wildman–Crippen MR) is 94.2 cm³/mol. The summed E-state index contributed by atoms with van der Waals surface area (Å²) in [6.45, 7) is 1.61. The zero-order chi connectivity index (χ0) is 16.8. The number of amides is 3. The fraction of sp³-hybridized carbons (Fsp3) is 0.250. The molecule has 0 fully saturated rings. The van der Waals surface area contributed by atoms with Crippen molar-refractivity contribution < 1.29 is 14.4 Å². The lowest BCUT2D eigenvalue weighted by atomic mass is 10.1. The van der Waals surface area contributed by atoms with E-state index in [0.29, 0.717) is 17.9 Å². The summed E-state index contributed by atoms with van der Waals surface area (Å²) >= 11 is 13.4. The average molecular weight is 563 g/mol. The highest BCUT2D eigenvalue weighted by Crippen LogP contribution is 2.45. The van der Waals surface area contributed by atoms with Gasteiger partial charge in [0.2, 0.25) is 5.91 Å². The number of benzene rings is 1. The van der Waals surface area contributed by atoms with Gasteiger partial charge in [0, 0.05) is 30.4 Å². The van der Waals surface area contributed by atoms with Crippen molar-refractivity contribution in [1.29, 1.82) is 0 Å². The molecule has 10 heteroatoms. The number of nitrogens with two attached hydrogens (primary N) is 1. The first-order chi connectivity index (χ1) is 10.2. The SMILES string of the molecule is CC(CC(=O)NN)N1C(=O)c2c(Br)c(Br)c(Br)c(Br)c2C1=O. The van der Waals surface area contributed by atoms with Gasteiger partial charge in [-0.25, -0.2) is 5.84 Å². The number of rotatable bonds is 3. The summed E-state index contributed by atoms with van der Waals surface area (Å²) in [7, 11) is 0. The van der Waals surface area contributed by atoms with Gasteiger partial charge in [-0.1, -0.05) is 0 Å². The highest BCUT2D eigenvalue weighted by atomic mass is 79.9. The van der Waals surface area contributed by atoms with Gasteiger partial charge in [-0.2, -0.15) is 0 Å². The Labute approximate surface area is 159 Å². The number of halogens is 4. The van der Waals surface area contributed by atoms with Gasteiger partial charge in [0.1, 0.15) is 0 Å². The summed E-state index contributed by atoms with van der Waals surface area (Å²) in [5.74, 6) is 3.67. The van der Waals surface area contributed by atoms with E-state index in [1.807, 2.05) is 5.43 Å². The second-order valence-corrected chi connectivity index (χ2v) is 7.78. The first-order valence-corrected chi connectivity index (χ1v) is 9.12. The molecule has 2 rings (SSSR count). The van der Waals surface area contributed by atoms with Gasteiger partial charge in [0.15, 0.2) is 0 Å². The molecule has 1 aromatic carbocycles. The minimum Gasteiger partial charge on any atom is -0.294 e. The number of carbonyl (C=O) groups excluding carboxylic acids is 3. The molecule has 1 heterocycles. The highest BCUT2D eigenvalue weighted by Gasteiger charge is 2.43. The summed E-state index contributed by atoms with van der Waals surface area (Å²) in [6.07, 6.45) is -0.0699. The van der Waals surface area contributed by atoms with Crippen LogP contribution in [-0.2, 0) is 4.79 Å². The topological polar surface area (TPSA) is 92.5 Å².